The number of carbonyl (C=O) groups is 1. The number of likely N-dealkylation sites (N-methyl/N-ethyl adjacent to an activating group) is 1. The van der Waals surface area contributed by atoms with Crippen molar-refractivity contribution in [3.05, 3.63) is 59.8 Å². The van der Waals surface area contributed by atoms with Crippen LogP contribution in [0, 0.1) is 0 Å². The van der Waals surface area contributed by atoms with Gasteiger partial charge in [0.2, 0.25) is 5.91 Å². The summed E-state index contributed by atoms with van der Waals surface area (Å²) >= 11 is 1.14. The zero-order valence-electron chi connectivity index (χ0n) is 17.8. The molecule has 1 N–H and O–H groups in total. The van der Waals surface area contributed by atoms with Crippen LogP contribution in [0.4, 0.5) is 13.2 Å². The number of alkyl halides is 3. The molecule has 8 heteroatoms. The molecule has 0 radical (unpaired) electrons. The van der Waals surface area contributed by atoms with Crippen molar-refractivity contribution in [3.63, 3.8) is 0 Å². The van der Waals surface area contributed by atoms with Crippen LogP contribution < -0.4 is 5.32 Å². The Kier molecular flexibility index (Phi) is 7.64. The monoisotopic (exact) mass is 451 g/mol. The maximum atomic E-state index is 12.6. The first-order valence-electron chi connectivity index (χ1n) is 10.3. The number of nitrogens with one attached hydrogen (secondary N) is 1. The van der Waals surface area contributed by atoms with Crippen molar-refractivity contribution in [2.45, 2.75) is 54.9 Å². The minimum absolute atomic E-state index is 0.0848. The summed E-state index contributed by atoms with van der Waals surface area (Å²) in [4.78, 5) is 18.5. The van der Waals surface area contributed by atoms with E-state index in [0.717, 1.165) is 56.1 Å². The van der Waals surface area contributed by atoms with Gasteiger partial charge < -0.3 is 10.2 Å². The van der Waals surface area contributed by atoms with Crippen molar-refractivity contribution in [2.75, 3.05) is 19.8 Å². The van der Waals surface area contributed by atoms with Crippen molar-refractivity contribution in [3.8, 4) is 0 Å². The average molecular weight is 452 g/mol. The van der Waals surface area contributed by atoms with Crippen LogP contribution in [0.2, 0.25) is 0 Å². The molecule has 1 aliphatic carbocycles. The van der Waals surface area contributed by atoms with Crippen LogP contribution in [0.25, 0.3) is 0 Å². The molecule has 1 amide bonds. The van der Waals surface area contributed by atoms with Crippen molar-refractivity contribution in [1.82, 2.24) is 15.2 Å². The quantitative estimate of drug-likeness (QED) is 0.615. The van der Waals surface area contributed by atoms with Gasteiger partial charge in [0, 0.05) is 17.8 Å². The van der Waals surface area contributed by atoms with Crippen LogP contribution in [0.5, 0.6) is 0 Å². The van der Waals surface area contributed by atoms with E-state index in [1.807, 2.05) is 6.07 Å². The van der Waals surface area contributed by atoms with E-state index in [1.54, 1.807) is 0 Å². The van der Waals surface area contributed by atoms with Gasteiger partial charge in [-0.15, -0.1) is 0 Å². The minimum atomic E-state index is -4.41. The normalized spacial score (nSPS) is 21.8. The fraction of sp³-hybridized carbons (Fsp3) is 0.478. The Morgan fingerprint density at radius 2 is 1.84 bits per heavy atom. The Labute approximate surface area is 185 Å². The molecule has 168 valence electrons. The number of hydrogen-bond acceptors (Lipinski definition) is 4. The van der Waals surface area contributed by atoms with Crippen LogP contribution in [-0.4, -0.2) is 47.2 Å². The van der Waals surface area contributed by atoms with Crippen LogP contribution >= 0.6 is 11.8 Å². The highest BCUT2D eigenvalue weighted by Gasteiger charge is 2.37. The van der Waals surface area contributed by atoms with Gasteiger partial charge in [0.05, 0.1) is 16.3 Å². The van der Waals surface area contributed by atoms with E-state index < -0.39 is 11.7 Å². The number of amides is 1. The lowest BCUT2D eigenvalue weighted by Crippen LogP contribution is -2.52. The highest BCUT2D eigenvalue weighted by Crippen LogP contribution is 2.35. The first-order valence-corrected chi connectivity index (χ1v) is 11.3. The summed E-state index contributed by atoms with van der Waals surface area (Å²) in [5.41, 5.74) is 0.615. The average Bonchev–Trinajstić information content (AvgIpc) is 2.74. The first kappa shape index (κ1) is 23.6. The number of thioether (sulfide) groups is 1. The Balaban J connectivity index is 1.48. The van der Waals surface area contributed by atoms with Gasteiger partial charge in [-0.05, 0) is 63.9 Å². The lowest BCUT2D eigenvalue weighted by Gasteiger charge is -2.45. The Hall–Kier alpha value is -2.06. The van der Waals surface area contributed by atoms with Gasteiger partial charge in [0.25, 0.3) is 0 Å². The first-order chi connectivity index (χ1) is 14.7. The zero-order valence-corrected chi connectivity index (χ0v) is 18.6. The maximum absolute atomic E-state index is 12.6. The third-order valence-corrected chi connectivity index (χ3v) is 6.96. The van der Waals surface area contributed by atoms with E-state index in [4.69, 9.17) is 0 Å². The van der Waals surface area contributed by atoms with Gasteiger partial charge in [-0.2, -0.15) is 13.2 Å². The summed E-state index contributed by atoms with van der Waals surface area (Å²) < 4.78 is 37.8. The van der Waals surface area contributed by atoms with E-state index in [2.05, 4.69) is 53.6 Å². The number of benzene rings is 1. The van der Waals surface area contributed by atoms with E-state index in [-0.39, 0.29) is 23.2 Å². The molecule has 0 unspecified atom stereocenters. The van der Waals surface area contributed by atoms with Crippen LogP contribution in [0.3, 0.4) is 0 Å². The number of hydrogen-bond donors (Lipinski definition) is 1. The standard InChI is InChI=1S/C23H28F3N3OS/c1-29(2)22(14-17-6-4-3-5-7-17)12-10-19(11-13-22)28-20(30)16-31-21-9-8-18(15-27-21)23(24,25)26/h3-9,15,19H,10-14,16H2,1-2H3,(H,28,30). The van der Waals surface area contributed by atoms with Gasteiger partial charge in [-0.25, -0.2) is 4.98 Å². The SMILES string of the molecule is CN(C)C1(Cc2ccccc2)CCC(NC(=O)CSc2ccc(C(F)(F)F)cn2)CC1. The number of rotatable bonds is 7. The van der Waals surface area contributed by atoms with E-state index in [9.17, 15) is 18.0 Å². The minimum Gasteiger partial charge on any atom is -0.353 e. The molecule has 0 saturated heterocycles. The van der Waals surface area contributed by atoms with Crippen LogP contribution in [0.1, 0.15) is 36.8 Å². The lowest BCUT2D eigenvalue weighted by atomic mass is 9.75. The maximum Gasteiger partial charge on any atom is 0.417 e. The van der Waals surface area contributed by atoms with E-state index >= 15 is 0 Å². The second-order valence-corrected chi connectivity index (χ2v) is 9.29. The number of halogens is 3. The third kappa shape index (κ3) is 6.46. The molecule has 1 saturated carbocycles. The van der Waals surface area contributed by atoms with Crippen molar-refractivity contribution in [1.29, 1.82) is 0 Å². The van der Waals surface area contributed by atoms with Gasteiger partial charge in [-0.3, -0.25) is 4.79 Å². The summed E-state index contributed by atoms with van der Waals surface area (Å²) in [6.07, 6.45) is 1.17. The molecule has 31 heavy (non-hydrogen) atoms. The number of pyridine rings is 1. The number of aromatic nitrogens is 1. The summed E-state index contributed by atoms with van der Waals surface area (Å²) in [6, 6.07) is 12.9. The fourth-order valence-electron chi connectivity index (χ4n) is 4.10. The summed E-state index contributed by atoms with van der Waals surface area (Å²) in [6.45, 7) is 0. The Morgan fingerprint density at radius 3 is 2.39 bits per heavy atom. The van der Waals surface area contributed by atoms with E-state index in [1.165, 1.54) is 11.6 Å². The molecule has 4 nitrogen and oxygen atoms in total. The molecular formula is C23H28F3N3OS. The van der Waals surface area contributed by atoms with Gasteiger partial charge in [-0.1, -0.05) is 42.1 Å². The molecule has 0 atom stereocenters. The zero-order chi connectivity index (χ0) is 22.5. The smallest absolute Gasteiger partial charge is 0.353 e. The molecule has 1 aromatic carbocycles. The van der Waals surface area contributed by atoms with Gasteiger partial charge in [0.1, 0.15) is 0 Å². The molecule has 1 aliphatic rings. The van der Waals surface area contributed by atoms with Crippen LogP contribution in [0.15, 0.2) is 53.7 Å². The molecule has 3 rings (SSSR count). The molecule has 1 aromatic heterocycles. The molecule has 1 fully saturated rings. The Morgan fingerprint density at radius 1 is 1.16 bits per heavy atom. The van der Waals surface area contributed by atoms with Crippen molar-refractivity contribution in [2.24, 2.45) is 0 Å². The van der Waals surface area contributed by atoms with Crippen LogP contribution in [-0.2, 0) is 17.4 Å². The number of nitrogens with zero attached hydrogens (tertiary/aromatic N) is 2. The molecule has 0 aliphatic heterocycles. The fourth-order valence-corrected chi connectivity index (χ4v) is 4.75. The second kappa shape index (κ2) is 10.0. The van der Waals surface area contributed by atoms with E-state index in [0.29, 0.717) is 5.03 Å². The highest BCUT2D eigenvalue weighted by atomic mass is 32.2. The molecule has 0 spiro atoms. The lowest BCUT2D eigenvalue weighted by molar-refractivity contribution is -0.137. The van der Waals surface area contributed by atoms with Gasteiger partial charge >= 0.3 is 6.18 Å². The Bertz CT molecular complexity index is 849. The second-order valence-electron chi connectivity index (χ2n) is 8.29. The summed E-state index contributed by atoms with van der Waals surface area (Å²) in [5.74, 6) is 0.0228. The topological polar surface area (TPSA) is 45.2 Å². The highest BCUT2D eigenvalue weighted by molar-refractivity contribution is 7.99. The van der Waals surface area contributed by atoms with Crippen molar-refractivity contribution >= 4 is 17.7 Å². The largest absolute Gasteiger partial charge is 0.417 e. The van der Waals surface area contributed by atoms with Gasteiger partial charge in [0.15, 0.2) is 0 Å². The predicted octanol–water partition coefficient (Wildman–Crippen LogP) is 4.79. The molecule has 1 heterocycles. The third-order valence-electron chi connectivity index (χ3n) is 6.02. The summed E-state index contributed by atoms with van der Waals surface area (Å²) in [5, 5.41) is 3.48. The predicted molar refractivity (Wildman–Crippen MR) is 117 cm³/mol. The van der Waals surface area contributed by atoms with Crippen molar-refractivity contribution < 1.29 is 18.0 Å². The molecule has 2 aromatic rings. The molecular weight excluding hydrogens is 423 g/mol. The molecule has 0 bridgehead atoms. The summed E-state index contributed by atoms with van der Waals surface area (Å²) in [7, 11) is 4.24. The number of carbonyl (C=O) groups excluding carboxylic acids is 1.